The van der Waals surface area contributed by atoms with Crippen molar-refractivity contribution in [1.82, 2.24) is 10.6 Å². The highest BCUT2D eigenvalue weighted by Crippen LogP contribution is 2.33. The van der Waals surface area contributed by atoms with Crippen molar-refractivity contribution in [1.29, 1.82) is 5.41 Å². The first-order chi connectivity index (χ1) is 14.6. The molecule has 0 saturated carbocycles. The highest BCUT2D eigenvalue weighted by Gasteiger charge is 2.25. The van der Waals surface area contributed by atoms with Crippen molar-refractivity contribution in [3.05, 3.63) is 58.7 Å². The van der Waals surface area contributed by atoms with Crippen molar-refractivity contribution in [2.75, 3.05) is 26.4 Å². The van der Waals surface area contributed by atoms with Gasteiger partial charge in [0.15, 0.2) is 11.5 Å². The molecule has 1 atom stereocenters. The standard InChI is InChI=1S/C23H29N3O4/c1-3-29-20-11-8-15(14-21(20)30-4-2)23(28)26-22(24)18-7-5-6-17-16(18)9-10-19(17)25-12-13-27/h5-8,11,14,19,25,27H,3-4,9-10,12-13H2,1-2H3,(H2,24,26,28). The minimum atomic E-state index is -0.366. The Balaban J connectivity index is 1.76. The van der Waals surface area contributed by atoms with E-state index in [1.807, 2.05) is 32.0 Å². The van der Waals surface area contributed by atoms with Crippen LogP contribution in [0.25, 0.3) is 0 Å². The molecule has 0 heterocycles. The van der Waals surface area contributed by atoms with Crippen LogP contribution in [0.15, 0.2) is 36.4 Å². The molecule has 0 aliphatic heterocycles. The lowest BCUT2D eigenvalue weighted by atomic mass is 10.0. The molecule has 7 heteroatoms. The first kappa shape index (κ1) is 21.8. The van der Waals surface area contributed by atoms with Crippen LogP contribution in [-0.4, -0.2) is 43.2 Å². The van der Waals surface area contributed by atoms with E-state index >= 15 is 0 Å². The monoisotopic (exact) mass is 411 g/mol. The highest BCUT2D eigenvalue weighted by atomic mass is 16.5. The van der Waals surface area contributed by atoms with E-state index in [1.165, 1.54) is 0 Å². The number of fused-ring (bicyclic) bond motifs is 1. The van der Waals surface area contributed by atoms with E-state index < -0.39 is 0 Å². The lowest BCUT2D eigenvalue weighted by molar-refractivity contribution is 0.0976. The maximum atomic E-state index is 12.8. The average molecular weight is 412 g/mol. The van der Waals surface area contributed by atoms with E-state index in [9.17, 15) is 4.79 Å². The molecule has 0 radical (unpaired) electrons. The summed E-state index contributed by atoms with van der Waals surface area (Å²) in [5.74, 6) is 0.811. The number of benzene rings is 2. The number of carbonyl (C=O) groups excluding carboxylic acids is 1. The fraction of sp³-hybridized carbons (Fsp3) is 0.391. The van der Waals surface area contributed by atoms with Gasteiger partial charge in [0.1, 0.15) is 5.84 Å². The van der Waals surface area contributed by atoms with Crippen LogP contribution in [0.5, 0.6) is 11.5 Å². The molecule has 30 heavy (non-hydrogen) atoms. The Hall–Kier alpha value is -2.90. The Kier molecular flexibility index (Phi) is 7.43. The van der Waals surface area contributed by atoms with E-state index in [-0.39, 0.29) is 24.4 Å². The Morgan fingerprint density at radius 2 is 1.93 bits per heavy atom. The van der Waals surface area contributed by atoms with Gasteiger partial charge in [-0.1, -0.05) is 18.2 Å². The number of aliphatic hydroxyl groups excluding tert-OH is 1. The van der Waals surface area contributed by atoms with Gasteiger partial charge < -0.3 is 25.2 Å². The molecule has 1 unspecified atom stereocenters. The smallest absolute Gasteiger partial charge is 0.256 e. The molecule has 1 amide bonds. The number of aliphatic hydroxyl groups is 1. The fourth-order valence-electron chi connectivity index (χ4n) is 3.78. The lowest BCUT2D eigenvalue weighted by Gasteiger charge is -2.15. The van der Waals surface area contributed by atoms with Gasteiger partial charge in [0.25, 0.3) is 5.91 Å². The first-order valence-electron chi connectivity index (χ1n) is 10.3. The lowest BCUT2D eigenvalue weighted by Crippen LogP contribution is -2.31. The van der Waals surface area contributed by atoms with Crippen LogP contribution in [0.3, 0.4) is 0 Å². The van der Waals surface area contributed by atoms with Crippen molar-refractivity contribution in [3.8, 4) is 11.5 Å². The van der Waals surface area contributed by atoms with Crippen LogP contribution in [0, 0.1) is 5.41 Å². The van der Waals surface area contributed by atoms with Crippen molar-refractivity contribution in [2.24, 2.45) is 0 Å². The second-order valence-corrected chi connectivity index (χ2v) is 7.00. The zero-order chi connectivity index (χ0) is 21.5. The normalized spacial score (nSPS) is 14.8. The molecular weight excluding hydrogens is 382 g/mol. The Morgan fingerprint density at radius 3 is 2.67 bits per heavy atom. The SMILES string of the molecule is CCOc1ccc(C(=O)NC(=N)c2cccc3c2CCC3NCCO)cc1OCC. The molecule has 0 spiro atoms. The fourth-order valence-corrected chi connectivity index (χ4v) is 3.78. The molecule has 0 bridgehead atoms. The summed E-state index contributed by atoms with van der Waals surface area (Å²) < 4.78 is 11.1. The molecule has 4 N–H and O–H groups in total. The van der Waals surface area contributed by atoms with Gasteiger partial charge in [-0.15, -0.1) is 0 Å². The molecule has 2 aromatic rings. The summed E-state index contributed by atoms with van der Waals surface area (Å²) in [6.45, 7) is 5.34. The zero-order valence-corrected chi connectivity index (χ0v) is 17.5. The topological polar surface area (TPSA) is 104 Å². The quantitative estimate of drug-likeness (QED) is 0.375. The number of hydrogen-bond acceptors (Lipinski definition) is 6. The second kappa shape index (κ2) is 10.2. The third kappa shape index (κ3) is 4.80. The molecular formula is C23H29N3O4. The summed E-state index contributed by atoms with van der Waals surface area (Å²) in [6.07, 6.45) is 1.73. The minimum absolute atomic E-state index is 0.0755. The van der Waals surface area contributed by atoms with Crippen LogP contribution in [-0.2, 0) is 6.42 Å². The van der Waals surface area contributed by atoms with Crippen LogP contribution >= 0.6 is 0 Å². The number of amidine groups is 1. The maximum Gasteiger partial charge on any atom is 0.256 e. The van der Waals surface area contributed by atoms with E-state index in [2.05, 4.69) is 10.6 Å². The molecule has 0 fully saturated rings. The third-order valence-electron chi connectivity index (χ3n) is 5.09. The predicted octanol–water partition coefficient (Wildman–Crippen LogP) is 2.81. The Morgan fingerprint density at radius 1 is 1.17 bits per heavy atom. The van der Waals surface area contributed by atoms with Gasteiger partial charge in [0.05, 0.1) is 19.8 Å². The molecule has 3 rings (SSSR count). The Labute approximate surface area is 176 Å². The van der Waals surface area contributed by atoms with Gasteiger partial charge in [-0.05, 0) is 56.0 Å². The van der Waals surface area contributed by atoms with Gasteiger partial charge in [-0.25, -0.2) is 0 Å². The number of ether oxygens (including phenoxy) is 2. The number of nitrogens with one attached hydrogen (secondary N) is 3. The summed E-state index contributed by atoms with van der Waals surface area (Å²) in [6, 6.07) is 11.0. The molecule has 0 aromatic heterocycles. The molecule has 0 saturated heterocycles. The number of rotatable bonds is 9. The van der Waals surface area contributed by atoms with E-state index in [1.54, 1.807) is 18.2 Å². The van der Waals surface area contributed by atoms with E-state index in [0.29, 0.717) is 36.8 Å². The molecule has 2 aromatic carbocycles. The van der Waals surface area contributed by atoms with Crippen molar-refractivity contribution in [2.45, 2.75) is 32.7 Å². The number of amides is 1. The van der Waals surface area contributed by atoms with Crippen molar-refractivity contribution >= 4 is 11.7 Å². The number of hydrogen-bond donors (Lipinski definition) is 4. The third-order valence-corrected chi connectivity index (χ3v) is 5.09. The summed E-state index contributed by atoms with van der Waals surface area (Å²) in [5.41, 5.74) is 3.33. The number of carbonyl (C=O) groups is 1. The van der Waals surface area contributed by atoms with Gasteiger partial charge in [-0.2, -0.15) is 0 Å². The summed E-state index contributed by atoms with van der Waals surface area (Å²) in [5, 5.41) is 23.6. The average Bonchev–Trinajstić information content (AvgIpc) is 3.16. The maximum absolute atomic E-state index is 12.8. The van der Waals surface area contributed by atoms with Crippen LogP contribution in [0.4, 0.5) is 0 Å². The van der Waals surface area contributed by atoms with Gasteiger partial charge >= 0.3 is 0 Å². The summed E-state index contributed by atoms with van der Waals surface area (Å²) in [7, 11) is 0. The van der Waals surface area contributed by atoms with Crippen molar-refractivity contribution in [3.63, 3.8) is 0 Å². The second-order valence-electron chi connectivity index (χ2n) is 7.00. The van der Waals surface area contributed by atoms with E-state index in [0.717, 1.165) is 29.5 Å². The van der Waals surface area contributed by atoms with Gasteiger partial charge in [0.2, 0.25) is 0 Å². The molecule has 1 aliphatic carbocycles. The van der Waals surface area contributed by atoms with Crippen LogP contribution in [0.1, 0.15) is 53.4 Å². The van der Waals surface area contributed by atoms with Crippen LogP contribution in [0.2, 0.25) is 0 Å². The minimum Gasteiger partial charge on any atom is -0.490 e. The molecule has 160 valence electrons. The zero-order valence-electron chi connectivity index (χ0n) is 17.5. The Bertz CT molecular complexity index is 913. The van der Waals surface area contributed by atoms with Crippen LogP contribution < -0.4 is 20.1 Å². The highest BCUT2D eigenvalue weighted by molar-refractivity contribution is 6.12. The molecule has 7 nitrogen and oxygen atoms in total. The van der Waals surface area contributed by atoms with E-state index in [4.69, 9.17) is 20.0 Å². The van der Waals surface area contributed by atoms with Crippen molar-refractivity contribution < 1.29 is 19.4 Å². The first-order valence-corrected chi connectivity index (χ1v) is 10.3. The van der Waals surface area contributed by atoms with Gasteiger partial charge in [-0.3, -0.25) is 10.2 Å². The van der Waals surface area contributed by atoms with Gasteiger partial charge in [0, 0.05) is 23.7 Å². The predicted molar refractivity (Wildman–Crippen MR) is 116 cm³/mol. The largest absolute Gasteiger partial charge is 0.490 e. The molecule has 1 aliphatic rings. The summed E-state index contributed by atoms with van der Waals surface area (Å²) >= 11 is 0. The summed E-state index contributed by atoms with van der Waals surface area (Å²) in [4.78, 5) is 12.8.